The molecule has 1 aliphatic carbocycles. The lowest BCUT2D eigenvalue weighted by Gasteiger charge is -2.45. The van der Waals surface area contributed by atoms with E-state index in [1.807, 2.05) is 56.3 Å². The van der Waals surface area contributed by atoms with Gasteiger partial charge in [-0.2, -0.15) is 0 Å². The van der Waals surface area contributed by atoms with Crippen LogP contribution in [0.4, 0.5) is 4.79 Å². The number of rotatable bonds is 2. The van der Waals surface area contributed by atoms with Crippen molar-refractivity contribution in [3.8, 4) is 0 Å². The molecule has 9 atom stereocenters. The van der Waals surface area contributed by atoms with E-state index in [4.69, 9.17) is 14.2 Å². The van der Waals surface area contributed by atoms with Gasteiger partial charge in [-0.15, -0.1) is 0 Å². The first-order valence-electron chi connectivity index (χ1n) is 12.5. The van der Waals surface area contributed by atoms with Gasteiger partial charge in [-0.3, -0.25) is 9.59 Å². The molecule has 1 aromatic carbocycles. The molecule has 0 aromatic heterocycles. The highest BCUT2D eigenvalue weighted by Crippen LogP contribution is 2.63. The van der Waals surface area contributed by atoms with Crippen LogP contribution in [0.3, 0.4) is 0 Å². The number of epoxide rings is 1. The normalized spacial score (nSPS) is 45.8. The number of fused-ring (bicyclic) bond motifs is 2. The molecule has 4 aliphatic rings. The van der Waals surface area contributed by atoms with E-state index in [2.05, 4.69) is 5.32 Å². The van der Waals surface area contributed by atoms with Crippen LogP contribution in [0.1, 0.15) is 39.7 Å². The molecule has 1 aromatic rings. The maximum atomic E-state index is 13.8. The molecule has 2 saturated heterocycles. The van der Waals surface area contributed by atoms with Gasteiger partial charge in [-0.1, -0.05) is 56.3 Å². The molecular weight excluding hydrogens is 462 g/mol. The van der Waals surface area contributed by atoms with Crippen molar-refractivity contribution in [3.05, 3.63) is 60.4 Å². The number of hydrogen-bond donors (Lipinski definition) is 2. The fraction of sp³-hybridized carbons (Fsp3) is 0.536. The van der Waals surface area contributed by atoms with Crippen LogP contribution in [0.25, 0.3) is 0 Å². The highest BCUT2D eigenvalue weighted by Gasteiger charge is 2.78. The topological polar surface area (TPSA) is 114 Å². The summed E-state index contributed by atoms with van der Waals surface area (Å²) in [4.78, 5) is 39.5. The second-order valence-corrected chi connectivity index (χ2v) is 11.0. The molecule has 36 heavy (non-hydrogen) atoms. The Labute approximate surface area is 210 Å². The Morgan fingerprint density at radius 2 is 1.83 bits per heavy atom. The molecule has 1 saturated carbocycles. The van der Waals surface area contributed by atoms with E-state index in [1.165, 1.54) is 6.92 Å². The molecule has 0 radical (unpaired) electrons. The van der Waals surface area contributed by atoms with Gasteiger partial charge in [0, 0.05) is 17.9 Å². The van der Waals surface area contributed by atoms with Crippen LogP contribution in [0.2, 0.25) is 0 Å². The molecule has 3 aliphatic heterocycles. The Morgan fingerprint density at radius 1 is 1.11 bits per heavy atom. The van der Waals surface area contributed by atoms with Crippen LogP contribution in [0, 0.1) is 23.7 Å². The molecule has 3 fully saturated rings. The average Bonchev–Trinajstić information content (AvgIpc) is 3.45. The van der Waals surface area contributed by atoms with Crippen molar-refractivity contribution in [1.82, 2.24) is 5.32 Å². The van der Waals surface area contributed by atoms with Gasteiger partial charge in [0.25, 0.3) is 5.91 Å². The quantitative estimate of drug-likeness (QED) is 0.368. The number of carbonyl (C=O) groups is 3. The van der Waals surface area contributed by atoms with Crippen LogP contribution >= 0.6 is 0 Å². The Hall–Kier alpha value is -2.97. The second kappa shape index (κ2) is 8.56. The van der Waals surface area contributed by atoms with E-state index in [9.17, 15) is 19.5 Å². The maximum Gasteiger partial charge on any atom is 0.514 e. The van der Waals surface area contributed by atoms with Crippen LogP contribution < -0.4 is 5.32 Å². The predicted molar refractivity (Wildman–Crippen MR) is 129 cm³/mol. The van der Waals surface area contributed by atoms with Gasteiger partial charge in [-0.05, 0) is 44.2 Å². The summed E-state index contributed by atoms with van der Waals surface area (Å²) in [6, 6.07) is 9.58. The van der Waals surface area contributed by atoms with Crippen molar-refractivity contribution < 1.29 is 33.7 Å². The number of Topliss-reactive ketones (excluding diaryl/α,β-unsaturated/α-hetero) is 1. The van der Waals surface area contributed by atoms with Crippen LogP contribution in [-0.4, -0.2) is 51.9 Å². The van der Waals surface area contributed by atoms with Crippen molar-refractivity contribution in [2.75, 3.05) is 0 Å². The van der Waals surface area contributed by atoms with Crippen molar-refractivity contribution in [2.24, 2.45) is 23.7 Å². The lowest BCUT2D eigenvalue weighted by atomic mass is 9.59. The number of amides is 1. The first-order chi connectivity index (χ1) is 17.0. The summed E-state index contributed by atoms with van der Waals surface area (Å²) in [5, 5.41) is 13.7. The Morgan fingerprint density at radius 3 is 2.56 bits per heavy atom. The summed E-state index contributed by atoms with van der Waals surface area (Å²) in [7, 11) is 0. The fourth-order valence-corrected chi connectivity index (χ4v) is 6.51. The zero-order valence-electron chi connectivity index (χ0n) is 21.0. The van der Waals surface area contributed by atoms with E-state index in [0.29, 0.717) is 12.8 Å². The summed E-state index contributed by atoms with van der Waals surface area (Å²) in [5.74, 6) is -2.32. The molecule has 8 nitrogen and oxygen atoms in total. The van der Waals surface area contributed by atoms with E-state index in [0.717, 1.165) is 17.9 Å². The minimum atomic E-state index is -1.81. The largest absolute Gasteiger partial charge is 0.514 e. The minimum Gasteiger partial charge on any atom is -0.416 e. The monoisotopic (exact) mass is 495 g/mol. The third-order valence-electron chi connectivity index (χ3n) is 8.64. The molecule has 1 unspecified atom stereocenters. The molecule has 3 heterocycles. The lowest BCUT2D eigenvalue weighted by Crippen LogP contribution is -2.61. The van der Waals surface area contributed by atoms with Gasteiger partial charge in [0.15, 0.2) is 5.78 Å². The lowest BCUT2D eigenvalue weighted by molar-refractivity contribution is -0.153. The maximum absolute atomic E-state index is 13.8. The minimum absolute atomic E-state index is 0.0972. The number of nitrogens with one attached hydrogen (secondary N) is 1. The number of aliphatic hydroxyl groups is 1. The first-order valence-corrected chi connectivity index (χ1v) is 12.5. The van der Waals surface area contributed by atoms with Crippen molar-refractivity contribution in [3.63, 3.8) is 0 Å². The standard InChI is InChI=1S/C28H33NO7/c1-16-9-8-12-19-23-27(4,35-23)17(2)21-20(15-18-10-6-5-7-11-18)29-24(31)28(19,21)36-25(32)34-14-13-26(3,33)22(16)30/h5-8,10-14,16-17,19-21,23,33H,9,15H2,1-4H3,(H,29,31)/b12-8-,14-13-/t16-,17-,19-,20-,21-,23?,26+,27+,28+/m0/s1. The third kappa shape index (κ3) is 3.78. The summed E-state index contributed by atoms with van der Waals surface area (Å²) in [5.41, 5.74) is -2.76. The van der Waals surface area contributed by atoms with Crippen molar-refractivity contribution in [1.29, 1.82) is 0 Å². The van der Waals surface area contributed by atoms with Gasteiger partial charge in [0.05, 0.1) is 23.9 Å². The molecule has 8 heteroatoms. The number of benzene rings is 1. The summed E-state index contributed by atoms with van der Waals surface area (Å²) < 4.78 is 17.3. The fourth-order valence-electron chi connectivity index (χ4n) is 6.51. The third-order valence-corrected chi connectivity index (χ3v) is 8.64. The van der Waals surface area contributed by atoms with Gasteiger partial charge in [-0.25, -0.2) is 4.79 Å². The number of ether oxygens (including phenoxy) is 3. The molecule has 1 amide bonds. The number of ketones is 1. The highest BCUT2D eigenvalue weighted by atomic mass is 16.7. The summed E-state index contributed by atoms with van der Waals surface area (Å²) in [6.45, 7) is 7.15. The van der Waals surface area contributed by atoms with Crippen molar-refractivity contribution >= 4 is 17.8 Å². The van der Waals surface area contributed by atoms with Gasteiger partial charge < -0.3 is 24.6 Å². The number of carbonyl (C=O) groups excluding carboxylic acids is 3. The van der Waals surface area contributed by atoms with E-state index in [1.54, 1.807) is 6.92 Å². The zero-order chi connectivity index (χ0) is 25.9. The Balaban J connectivity index is 1.58. The highest BCUT2D eigenvalue weighted by molar-refractivity contribution is 5.92. The van der Waals surface area contributed by atoms with Crippen LogP contribution in [0.15, 0.2) is 54.8 Å². The summed E-state index contributed by atoms with van der Waals surface area (Å²) >= 11 is 0. The number of hydrogen-bond acceptors (Lipinski definition) is 7. The average molecular weight is 496 g/mol. The molecule has 1 spiro atoms. The van der Waals surface area contributed by atoms with E-state index < -0.39 is 40.6 Å². The van der Waals surface area contributed by atoms with Crippen LogP contribution in [-0.2, 0) is 30.2 Å². The SMILES string of the molecule is C[C@H]1C/C=C\[C@H]2C3O[C@]3(C)[C@@H](C)[C@H]3[C@H](Cc4ccccc4)NC(=O)[C@]32OC(=O)O/C=C\[C@@](C)(O)C1=O. The van der Waals surface area contributed by atoms with Crippen LogP contribution in [0.5, 0.6) is 0 Å². The Bertz CT molecular complexity index is 1130. The van der Waals surface area contributed by atoms with Gasteiger partial charge in [0.2, 0.25) is 5.60 Å². The molecule has 192 valence electrons. The first kappa shape index (κ1) is 24.7. The van der Waals surface area contributed by atoms with Gasteiger partial charge in [0.1, 0.15) is 5.60 Å². The molecule has 0 bridgehead atoms. The summed E-state index contributed by atoms with van der Waals surface area (Å²) in [6.07, 6.45) is 5.28. The van der Waals surface area contributed by atoms with E-state index in [-0.39, 0.29) is 29.9 Å². The second-order valence-electron chi connectivity index (χ2n) is 11.0. The number of cyclic esters (lactones) is 1. The van der Waals surface area contributed by atoms with E-state index >= 15 is 0 Å². The zero-order valence-corrected chi connectivity index (χ0v) is 21.0. The number of allylic oxidation sites excluding steroid dienone is 1. The smallest absolute Gasteiger partial charge is 0.416 e. The van der Waals surface area contributed by atoms with Crippen molar-refractivity contribution in [2.45, 2.75) is 69.5 Å². The molecule has 5 rings (SSSR count). The predicted octanol–water partition coefficient (Wildman–Crippen LogP) is 3.09. The molecule has 2 N–H and O–H groups in total. The molecular formula is C28H33NO7. The Kier molecular flexibility index (Phi) is 5.87. The van der Waals surface area contributed by atoms with Gasteiger partial charge >= 0.3 is 6.16 Å².